The van der Waals surface area contributed by atoms with Crippen LogP contribution in [-0.2, 0) is 31.8 Å². The number of H-pyrrole nitrogens is 1. The summed E-state index contributed by atoms with van der Waals surface area (Å²) in [4.78, 5) is 36.3. The molecule has 2 unspecified atom stereocenters. The first-order chi connectivity index (χ1) is 28.0. The van der Waals surface area contributed by atoms with Crippen LogP contribution < -0.4 is 24.3 Å². The number of nitrogens with zero attached hydrogens (tertiary/aromatic N) is 3. The standard InChI is InChI=1S/C43H43N5O9S/c1-18-10-24-29(34(51)35(18)53-5)32-33-39-31-30(38-37(55-17-56-38)19(2)36(31)57-20(3)50)28(47(33)27(13-44)26-12-42(24,4)48(26)32)15-54-41(52)43(16-58-39)40-23(11-21(14-49)46-43)22-8-6-7-9-25(22)45-40/h6-10,21,26-28,32-33,39,45-46,49,51H,11-12,14-17H2,1-5H3/t21-,26+,27-,28-,32-,33?,39+,42?,43+/m0/s1. The zero-order valence-electron chi connectivity index (χ0n) is 32.7. The fourth-order valence-electron chi connectivity index (χ4n) is 11.9. The highest BCUT2D eigenvalue weighted by Crippen LogP contribution is 2.71. The number of esters is 2. The number of carbonyl (C=O) groups excluding carboxylic acids is 2. The Balaban J connectivity index is 1.19. The number of thioether (sulfide) groups is 1. The van der Waals surface area contributed by atoms with Gasteiger partial charge in [-0.3, -0.25) is 19.9 Å². The molecule has 1 spiro atoms. The van der Waals surface area contributed by atoms with Crippen LogP contribution in [0, 0.1) is 25.2 Å². The molecule has 300 valence electrons. The molecule has 58 heavy (non-hydrogen) atoms. The number of fused-ring (bicyclic) bond motifs is 10. The van der Waals surface area contributed by atoms with Gasteiger partial charge >= 0.3 is 11.9 Å². The number of piperazine rings is 1. The van der Waals surface area contributed by atoms with Crippen molar-refractivity contribution in [2.24, 2.45) is 0 Å². The Kier molecular flexibility index (Phi) is 7.65. The number of ether oxygens (including phenoxy) is 5. The van der Waals surface area contributed by atoms with Gasteiger partial charge in [0.1, 0.15) is 18.4 Å². The van der Waals surface area contributed by atoms with Crippen molar-refractivity contribution in [2.75, 3.05) is 32.9 Å². The van der Waals surface area contributed by atoms with Gasteiger partial charge in [0, 0.05) is 69.5 Å². The first-order valence-corrected chi connectivity index (χ1v) is 20.8. The molecule has 8 aliphatic heterocycles. The molecule has 0 aliphatic carbocycles. The molecule has 8 aliphatic rings. The molecule has 15 heteroatoms. The fourth-order valence-corrected chi connectivity index (χ4v) is 13.5. The Bertz CT molecular complexity index is 2550. The number of carbonyl (C=O) groups is 2. The average molecular weight is 806 g/mol. The lowest BCUT2D eigenvalue weighted by Crippen LogP contribution is -2.75. The number of aromatic amines is 1. The summed E-state index contributed by atoms with van der Waals surface area (Å²) in [6.07, 6.45) is 1.17. The van der Waals surface area contributed by atoms with Gasteiger partial charge in [-0.25, -0.2) is 4.79 Å². The summed E-state index contributed by atoms with van der Waals surface area (Å²) in [5.41, 5.74) is 5.11. The molecule has 0 saturated carbocycles. The van der Waals surface area contributed by atoms with Gasteiger partial charge in [-0.1, -0.05) is 18.2 Å². The summed E-state index contributed by atoms with van der Waals surface area (Å²) in [5.74, 6) is 0.838. The molecule has 0 radical (unpaired) electrons. The van der Waals surface area contributed by atoms with Crippen LogP contribution in [-0.4, -0.2) is 94.0 Å². The number of hydrogen-bond acceptors (Lipinski definition) is 14. The number of rotatable bonds is 3. The minimum absolute atomic E-state index is 0.0575. The maximum atomic E-state index is 15.1. The van der Waals surface area contributed by atoms with E-state index in [1.807, 2.05) is 38.1 Å². The van der Waals surface area contributed by atoms with Crippen LogP contribution in [0.4, 0.5) is 0 Å². The van der Waals surface area contributed by atoms with E-state index < -0.39 is 58.5 Å². The van der Waals surface area contributed by atoms with Crippen molar-refractivity contribution in [3.05, 3.63) is 75.0 Å². The molecule has 12 rings (SSSR count). The molecule has 0 amide bonds. The first kappa shape index (κ1) is 36.1. The fraction of sp³-hybridized carbons (Fsp3) is 0.465. The molecule has 2 bridgehead atoms. The largest absolute Gasteiger partial charge is 0.504 e. The SMILES string of the molecule is COc1c(C)cc2c(c1O)[C@H]1C3[C@@H]4SC[C@]5(N[C@H](CO)Cc6c5[nH]c5ccccc65)C(=O)OC[C@@H](c5c6c(c(C)c(OC(C)=O)c54)OCO6)N3[C@@H](C#N)[C@H]3CC2(C)N31. The quantitative estimate of drug-likeness (QED) is 0.167. The Morgan fingerprint density at radius 3 is 2.69 bits per heavy atom. The van der Waals surface area contributed by atoms with E-state index in [1.165, 1.54) is 18.7 Å². The molecule has 3 aromatic carbocycles. The van der Waals surface area contributed by atoms with Gasteiger partial charge in [0.05, 0.1) is 42.8 Å². The summed E-state index contributed by atoms with van der Waals surface area (Å²) < 4.78 is 30.9. The molecular formula is C43H43N5O9S. The van der Waals surface area contributed by atoms with Crippen LogP contribution in [0.1, 0.15) is 82.2 Å². The second-order valence-electron chi connectivity index (χ2n) is 16.9. The zero-order chi connectivity index (χ0) is 40.2. The number of aryl methyl sites for hydroxylation is 1. The Morgan fingerprint density at radius 1 is 1.14 bits per heavy atom. The summed E-state index contributed by atoms with van der Waals surface area (Å²) in [6, 6.07) is 9.66. The van der Waals surface area contributed by atoms with Crippen LogP contribution in [0.25, 0.3) is 10.9 Å². The minimum Gasteiger partial charge on any atom is -0.504 e. The number of methoxy groups -OCH3 is 1. The monoisotopic (exact) mass is 805 g/mol. The van der Waals surface area contributed by atoms with E-state index in [2.05, 4.69) is 39.2 Å². The molecule has 1 aromatic heterocycles. The molecule has 4 N–H and O–H groups in total. The number of phenols is 1. The van der Waals surface area contributed by atoms with Crippen molar-refractivity contribution < 1.29 is 43.5 Å². The van der Waals surface area contributed by atoms with E-state index in [4.69, 9.17) is 23.7 Å². The van der Waals surface area contributed by atoms with Gasteiger partial charge in [-0.05, 0) is 62.4 Å². The number of aromatic nitrogens is 1. The lowest BCUT2D eigenvalue weighted by Gasteiger charge is -2.66. The number of hydrogen-bond donors (Lipinski definition) is 4. The van der Waals surface area contributed by atoms with Crippen LogP contribution in [0.3, 0.4) is 0 Å². The topological polar surface area (TPSA) is 179 Å². The second-order valence-corrected chi connectivity index (χ2v) is 18.0. The van der Waals surface area contributed by atoms with Gasteiger partial charge in [-0.2, -0.15) is 5.26 Å². The summed E-state index contributed by atoms with van der Waals surface area (Å²) in [5, 5.41) is 38.1. The normalized spacial score (nSPS) is 32.6. The smallest absolute Gasteiger partial charge is 0.333 e. The third kappa shape index (κ3) is 4.36. The van der Waals surface area contributed by atoms with E-state index >= 15 is 4.79 Å². The number of aromatic hydroxyl groups is 1. The van der Waals surface area contributed by atoms with E-state index in [0.717, 1.165) is 33.2 Å². The number of aliphatic hydroxyl groups is 1. The van der Waals surface area contributed by atoms with Gasteiger partial charge < -0.3 is 38.9 Å². The van der Waals surface area contributed by atoms with Gasteiger partial charge in [0.25, 0.3) is 0 Å². The Morgan fingerprint density at radius 2 is 1.93 bits per heavy atom. The van der Waals surface area contributed by atoms with Gasteiger partial charge in [0.2, 0.25) is 6.79 Å². The van der Waals surface area contributed by atoms with Crippen LogP contribution in [0.5, 0.6) is 28.7 Å². The van der Waals surface area contributed by atoms with Crippen LogP contribution in [0.15, 0.2) is 30.3 Å². The molecule has 9 atom stereocenters. The maximum absolute atomic E-state index is 15.1. The Hall–Kier alpha value is -4.98. The van der Waals surface area contributed by atoms with E-state index in [-0.39, 0.29) is 37.6 Å². The molecule has 3 saturated heterocycles. The zero-order valence-corrected chi connectivity index (χ0v) is 33.5. The van der Waals surface area contributed by atoms with E-state index in [0.29, 0.717) is 58.2 Å². The average Bonchev–Trinajstić information content (AvgIpc) is 3.90. The van der Waals surface area contributed by atoms with Crippen LogP contribution >= 0.6 is 11.8 Å². The van der Waals surface area contributed by atoms with Gasteiger partial charge in [-0.15, -0.1) is 11.8 Å². The lowest BCUT2D eigenvalue weighted by atomic mass is 9.70. The van der Waals surface area contributed by atoms with Crippen molar-refractivity contribution in [2.45, 2.75) is 93.1 Å². The molecule has 4 aromatic rings. The minimum atomic E-state index is -1.42. The molecule has 9 heterocycles. The number of nitriles is 1. The van der Waals surface area contributed by atoms with Crippen LogP contribution in [0.2, 0.25) is 0 Å². The van der Waals surface area contributed by atoms with E-state index in [9.17, 15) is 20.3 Å². The van der Waals surface area contributed by atoms with Crippen molar-refractivity contribution in [1.82, 2.24) is 20.1 Å². The summed E-state index contributed by atoms with van der Waals surface area (Å²) in [7, 11) is 1.55. The number of benzene rings is 3. The highest BCUT2D eigenvalue weighted by Gasteiger charge is 2.71. The van der Waals surface area contributed by atoms with Crippen molar-refractivity contribution in [1.29, 1.82) is 5.26 Å². The molecule has 3 fully saturated rings. The third-order valence-corrected chi connectivity index (χ3v) is 15.5. The van der Waals surface area contributed by atoms with Crippen molar-refractivity contribution in [3.8, 4) is 34.8 Å². The van der Waals surface area contributed by atoms with Gasteiger partial charge in [0.15, 0.2) is 28.5 Å². The first-order valence-electron chi connectivity index (χ1n) is 19.8. The Labute approximate surface area is 338 Å². The highest BCUT2D eigenvalue weighted by atomic mass is 32.2. The summed E-state index contributed by atoms with van der Waals surface area (Å²) >= 11 is 1.50. The second kappa shape index (κ2) is 12.3. The predicted molar refractivity (Wildman–Crippen MR) is 210 cm³/mol. The number of para-hydroxylation sites is 1. The van der Waals surface area contributed by atoms with E-state index in [1.54, 1.807) is 7.11 Å². The molecule has 14 nitrogen and oxygen atoms in total. The van der Waals surface area contributed by atoms with Crippen molar-refractivity contribution in [3.63, 3.8) is 0 Å². The third-order valence-electron chi connectivity index (χ3n) is 14.0. The number of phenolic OH excluding ortho intramolecular Hbond substituents is 1. The van der Waals surface area contributed by atoms with Crippen molar-refractivity contribution >= 4 is 34.6 Å². The number of aliphatic hydroxyl groups excluding tert-OH is 1. The summed E-state index contributed by atoms with van der Waals surface area (Å²) in [6.45, 7) is 6.88. The maximum Gasteiger partial charge on any atom is 0.333 e. The lowest BCUT2D eigenvalue weighted by molar-refractivity contribution is -0.187. The predicted octanol–water partition coefficient (Wildman–Crippen LogP) is 4.56. The highest BCUT2D eigenvalue weighted by molar-refractivity contribution is 7.99. The number of nitrogens with one attached hydrogen (secondary N) is 2. The molecular weight excluding hydrogens is 763 g/mol.